The van der Waals surface area contributed by atoms with Crippen LogP contribution in [0.15, 0.2) is 42.5 Å². The lowest BCUT2D eigenvalue weighted by Crippen LogP contribution is -2.46. The first-order valence-corrected chi connectivity index (χ1v) is 10.0. The third-order valence-corrected chi connectivity index (χ3v) is 4.45. The zero-order valence-corrected chi connectivity index (χ0v) is 15.9. The van der Waals surface area contributed by atoms with Gasteiger partial charge in [-0.05, 0) is 37.3 Å². The van der Waals surface area contributed by atoms with Gasteiger partial charge in [0.15, 0.2) is 11.5 Å². The lowest BCUT2D eigenvalue weighted by Gasteiger charge is -2.31. The maximum atomic E-state index is 12.7. The molecule has 144 valence electrons. The van der Waals surface area contributed by atoms with Crippen molar-refractivity contribution in [2.24, 2.45) is 0 Å². The highest BCUT2D eigenvalue weighted by Crippen LogP contribution is 2.34. The number of ether oxygens (including phenoxy) is 3. The molecule has 27 heavy (non-hydrogen) atoms. The van der Waals surface area contributed by atoms with Gasteiger partial charge in [0.25, 0.3) is 5.91 Å². The van der Waals surface area contributed by atoms with E-state index in [0.717, 1.165) is 6.26 Å². The normalized spacial score (nSPS) is 18.5. The molecule has 0 fully saturated rings. The van der Waals surface area contributed by atoms with Crippen LogP contribution < -0.4 is 24.2 Å². The summed E-state index contributed by atoms with van der Waals surface area (Å²) in [5.74, 6) is 0.994. The van der Waals surface area contributed by atoms with E-state index in [4.69, 9.17) is 14.2 Å². The Labute approximate surface area is 157 Å². The molecule has 1 aliphatic rings. The Bertz CT molecular complexity index is 960. The SMILES string of the molecule is COc1ccc(NC(=O)C2Oc3ccccc3OC2C)cc1NS(C)(=O)=O. The van der Waals surface area contributed by atoms with Gasteiger partial charge in [-0.25, -0.2) is 8.42 Å². The summed E-state index contributed by atoms with van der Waals surface area (Å²) in [6.07, 6.45) is -0.315. The summed E-state index contributed by atoms with van der Waals surface area (Å²) in [6, 6.07) is 11.7. The number of para-hydroxylation sites is 2. The fraction of sp³-hybridized carbons (Fsp3) is 0.278. The van der Waals surface area contributed by atoms with Gasteiger partial charge in [0.2, 0.25) is 16.1 Å². The molecule has 2 atom stereocenters. The highest BCUT2D eigenvalue weighted by Gasteiger charge is 2.34. The molecular formula is C18H20N2O6S. The van der Waals surface area contributed by atoms with Gasteiger partial charge < -0.3 is 19.5 Å². The topological polar surface area (TPSA) is 103 Å². The van der Waals surface area contributed by atoms with Crippen molar-refractivity contribution < 1.29 is 27.4 Å². The van der Waals surface area contributed by atoms with E-state index in [9.17, 15) is 13.2 Å². The molecule has 0 aliphatic carbocycles. The number of nitrogens with one attached hydrogen (secondary N) is 2. The van der Waals surface area contributed by atoms with E-state index in [2.05, 4.69) is 10.0 Å². The van der Waals surface area contributed by atoms with Crippen LogP contribution in [0.2, 0.25) is 0 Å². The van der Waals surface area contributed by atoms with Gasteiger partial charge in [-0.15, -0.1) is 0 Å². The number of sulfonamides is 1. The van der Waals surface area contributed by atoms with Crippen LogP contribution in [0.25, 0.3) is 0 Å². The van der Waals surface area contributed by atoms with Crippen molar-refractivity contribution in [1.82, 2.24) is 0 Å². The molecule has 0 saturated heterocycles. The molecule has 2 N–H and O–H groups in total. The molecule has 0 radical (unpaired) electrons. The van der Waals surface area contributed by atoms with Crippen LogP contribution in [0.4, 0.5) is 11.4 Å². The van der Waals surface area contributed by atoms with Crippen molar-refractivity contribution in [3.05, 3.63) is 42.5 Å². The van der Waals surface area contributed by atoms with Crippen LogP contribution in [0.5, 0.6) is 17.2 Å². The average molecular weight is 392 g/mol. The molecular weight excluding hydrogens is 372 g/mol. The monoisotopic (exact) mass is 392 g/mol. The third kappa shape index (κ3) is 4.43. The van der Waals surface area contributed by atoms with Crippen molar-refractivity contribution in [3.63, 3.8) is 0 Å². The van der Waals surface area contributed by atoms with Crippen LogP contribution in [0.3, 0.4) is 0 Å². The zero-order valence-electron chi connectivity index (χ0n) is 15.1. The number of hydrogen-bond acceptors (Lipinski definition) is 6. The molecule has 9 heteroatoms. The van der Waals surface area contributed by atoms with E-state index in [1.54, 1.807) is 37.3 Å². The van der Waals surface area contributed by atoms with Gasteiger partial charge in [-0.3, -0.25) is 9.52 Å². The molecule has 0 spiro atoms. The molecule has 2 aromatic carbocycles. The van der Waals surface area contributed by atoms with Gasteiger partial charge in [0, 0.05) is 5.69 Å². The summed E-state index contributed by atoms with van der Waals surface area (Å²) >= 11 is 0. The van der Waals surface area contributed by atoms with E-state index in [0.29, 0.717) is 22.9 Å². The number of amides is 1. The standard InChI is InChI=1S/C18H20N2O6S/c1-11-17(26-16-7-5-4-6-15(16)25-11)18(21)19-12-8-9-14(24-2)13(10-12)20-27(3,22)23/h4-11,17,20H,1-3H3,(H,19,21). The molecule has 0 aromatic heterocycles. The second-order valence-corrected chi connectivity index (χ2v) is 7.84. The van der Waals surface area contributed by atoms with E-state index in [1.165, 1.54) is 13.2 Å². The summed E-state index contributed by atoms with van der Waals surface area (Å²) < 4.78 is 42.0. The van der Waals surface area contributed by atoms with E-state index >= 15 is 0 Å². The quantitative estimate of drug-likeness (QED) is 0.809. The van der Waals surface area contributed by atoms with E-state index in [-0.39, 0.29) is 5.69 Å². The van der Waals surface area contributed by atoms with Crippen molar-refractivity contribution >= 4 is 27.3 Å². The number of rotatable bonds is 5. The zero-order chi connectivity index (χ0) is 19.6. The lowest BCUT2D eigenvalue weighted by molar-refractivity contribution is -0.128. The van der Waals surface area contributed by atoms with Crippen molar-refractivity contribution in [1.29, 1.82) is 0 Å². The molecule has 0 bridgehead atoms. The Hall–Kier alpha value is -2.94. The summed E-state index contributed by atoms with van der Waals surface area (Å²) in [5.41, 5.74) is 0.610. The highest BCUT2D eigenvalue weighted by atomic mass is 32.2. The number of carbonyl (C=O) groups excluding carboxylic acids is 1. The Balaban J connectivity index is 1.79. The third-order valence-electron chi connectivity index (χ3n) is 3.86. The minimum absolute atomic E-state index is 0.219. The average Bonchev–Trinajstić information content (AvgIpc) is 2.60. The number of fused-ring (bicyclic) bond motifs is 1. The molecule has 1 amide bonds. The largest absolute Gasteiger partial charge is 0.495 e. The lowest BCUT2D eigenvalue weighted by atomic mass is 10.1. The Morgan fingerprint density at radius 1 is 1.11 bits per heavy atom. The number of hydrogen-bond donors (Lipinski definition) is 2. The molecule has 1 aliphatic heterocycles. The second-order valence-electron chi connectivity index (χ2n) is 6.09. The summed E-state index contributed by atoms with van der Waals surface area (Å²) in [5, 5.41) is 2.72. The van der Waals surface area contributed by atoms with E-state index in [1.807, 2.05) is 6.07 Å². The van der Waals surface area contributed by atoms with Gasteiger partial charge in [-0.2, -0.15) is 0 Å². The van der Waals surface area contributed by atoms with Crippen LogP contribution in [0, 0.1) is 0 Å². The van der Waals surface area contributed by atoms with Crippen LogP contribution in [-0.4, -0.2) is 39.9 Å². The van der Waals surface area contributed by atoms with Gasteiger partial charge >= 0.3 is 0 Å². The van der Waals surface area contributed by atoms with Crippen LogP contribution in [-0.2, 0) is 14.8 Å². The van der Waals surface area contributed by atoms with Crippen molar-refractivity contribution in [2.45, 2.75) is 19.1 Å². The first kappa shape index (κ1) is 18.8. The molecule has 2 unspecified atom stereocenters. The van der Waals surface area contributed by atoms with Crippen molar-refractivity contribution in [2.75, 3.05) is 23.4 Å². The van der Waals surface area contributed by atoms with E-state index < -0.39 is 28.1 Å². The van der Waals surface area contributed by atoms with Crippen LogP contribution >= 0.6 is 0 Å². The number of benzene rings is 2. The Morgan fingerprint density at radius 2 is 1.78 bits per heavy atom. The molecule has 3 rings (SSSR count). The fourth-order valence-corrected chi connectivity index (χ4v) is 3.24. The first-order valence-electron chi connectivity index (χ1n) is 8.16. The summed E-state index contributed by atoms with van der Waals surface area (Å²) in [4.78, 5) is 12.7. The summed E-state index contributed by atoms with van der Waals surface area (Å²) in [6.45, 7) is 1.74. The molecule has 1 heterocycles. The van der Waals surface area contributed by atoms with Crippen LogP contribution in [0.1, 0.15) is 6.92 Å². The second kappa shape index (κ2) is 7.36. The molecule has 0 saturated carbocycles. The molecule has 8 nitrogen and oxygen atoms in total. The Morgan fingerprint density at radius 3 is 2.41 bits per heavy atom. The van der Waals surface area contributed by atoms with Crippen molar-refractivity contribution in [3.8, 4) is 17.2 Å². The molecule has 2 aromatic rings. The number of carbonyl (C=O) groups is 1. The maximum Gasteiger partial charge on any atom is 0.269 e. The fourth-order valence-electron chi connectivity index (χ4n) is 2.68. The predicted molar refractivity (Wildman–Crippen MR) is 101 cm³/mol. The highest BCUT2D eigenvalue weighted by molar-refractivity contribution is 7.92. The van der Waals surface area contributed by atoms with Gasteiger partial charge in [0.05, 0.1) is 19.1 Å². The summed E-state index contributed by atoms with van der Waals surface area (Å²) in [7, 11) is -2.08. The maximum absolute atomic E-state index is 12.7. The minimum Gasteiger partial charge on any atom is -0.495 e. The minimum atomic E-state index is -3.51. The Kier molecular flexibility index (Phi) is 5.13. The smallest absolute Gasteiger partial charge is 0.269 e. The predicted octanol–water partition coefficient (Wildman–Crippen LogP) is 2.23. The number of methoxy groups -OCH3 is 1. The van der Waals surface area contributed by atoms with Gasteiger partial charge in [0.1, 0.15) is 11.9 Å². The number of anilines is 2. The first-order chi connectivity index (χ1) is 12.8. The van der Waals surface area contributed by atoms with Gasteiger partial charge in [-0.1, -0.05) is 12.1 Å².